The number of carbonyl (C=O) groups excluding carboxylic acids is 2. The first-order chi connectivity index (χ1) is 12.1. The third-order valence-electron chi connectivity index (χ3n) is 4.34. The standard InChI is InChI=1S/C19H19ClN2O3/c1-25-18(23)13-8-10-14(11-9-13)21-19(24)22-12-4-7-17(22)15-5-2-3-6-16(15)20/h2-3,5-6,8-11,17H,4,7,12H2,1H3,(H,21,24). The molecule has 1 unspecified atom stereocenters. The molecule has 0 radical (unpaired) electrons. The lowest BCUT2D eigenvalue weighted by Crippen LogP contribution is -2.34. The second-order valence-electron chi connectivity index (χ2n) is 5.87. The topological polar surface area (TPSA) is 58.6 Å². The van der Waals surface area contributed by atoms with Gasteiger partial charge in [0, 0.05) is 17.3 Å². The molecule has 1 fully saturated rings. The molecule has 6 heteroatoms. The summed E-state index contributed by atoms with van der Waals surface area (Å²) in [4.78, 5) is 25.9. The number of anilines is 1. The van der Waals surface area contributed by atoms with Crippen molar-refractivity contribution in [2.75, 3.05) is 19.0 Å². The van der Waals surface area contributed by atoms with Crippen LogP contribution in [-0.2, 0) is 4.74 Å². The summed E-state index contributed by atoms with van der Waals surface area (Å²) in [6, 6.07) is 14.0. The van der Waals surface area contributed by atoms with E-state index in [0.29, 0.717) is 22.8 Å². The fourth-order valence-electron chi connectivity index (χ4n) is 3.08. The minimum absolute atomic E-state index is 0.0250. The number of methoxy groups -OCH3 is 1. The third-order valence-corrected chi connectivity index (χ3v) is 4.68. The van der Waals surface area contributed by atoms with Crippen LogP contribution in [0, 0.1) is 0 Å². The van der Waals surface area contributed by atoms with Crippen molar-refractivity contribution in [3.05, 3.63) is 64.7 Å². The minimum atomic E-state index is -0.406. The second kappa shape index (κ2) is 7.57. The summed E-state index contributed by atoms with van der Waals surface area (Å²) in [5.41, 5.74) is 2.04. The number of benzene rings is 2. The van der Waals surface area contributed by atoms with Crippen molar-refractivity contribution in [1.82, 2.24) is 4.90 Å². The molecule has 3 rings (SSSR count). The molecule has 5 nitrogen and oxygen atoms in total. The number of ether oxygens (including phenoxy) is 1. The second-order valence-corrected chi connectivity index (χ2v) is 6.28. The number of urea groups is 1. The summed E-state index contributed by atoms with van der Waals surface area (Å²) in [5, 5.41) is 3.55. The van der Waals surface area contributed by atoms with E-state index in [9.17, 15) is 9.59 Å². The molecule has 0 aromatic heterocycles. The van der Waals surface area contributed by atoms with Crippen LogP contribution in [0.25, 0.3) is 0 Å². The van der Waals surface area contributed by atoms with Crippen LogP contribution in [0.4, 0.5) is 10.5 Å². The number of esters is 1. The van der Waals surface area contributed by atoms with E-state index in [0.717, 1.165) is 18.4 Å². The summed E-state index contributed by atoms with van der Waals surface area (Å²) in [6.07, 6.45) is 1.82. The van der Waals surface area contributed by atoms with Crippen LogP contribution in [0.5, 0.6) is 0 Å². The Morgan fingerprint density at radius 3 is 2.56 bits per heavy atom. The minimum Gasteiger partial charge on any atom is -0.465 e. The zero-order chi connectivity index (χ0) is 17.8. The van der Waals surface area contributed by atoms with Crippen LogP contribution >= 0.6 is 11.6 Å². The molecule has 1 saturated heterocycles. The predicted octanol–water partition coefficient (Wildman–Crippen LogP) is 4.50. The van der Waals surface area contributed by atoms with Crippen molar-refractivity contribution in [3.63, 3.8) is 0 Å². The quantitative estimate of drug-likeness (QED) is 0.822. The molecule has 2 aromatic carbocycles. The summed E-state index contributed by atoms with van der Waals surface area (Å²) >= 11 is 6.29. The molecule has 1 aliphatic heterocycles. The maximum atomic E-state index is 12.7. The van der Waals surface area contributed by atoms with Crippen molar-refractivity contribution in [1.29, 1.82) is 0 Å². The van der Waals surface area contributed by atoms with E-state index in [-0.39, 0.29) is 12.1 Å². The van der Waals surface area contributed by atoms with Gasteiger partial charge in [-0.05, 0) is 48.7 Å². The van der Waals surface area contributed by atoms with E-state index in [2.05, 4.69) is 10.1 Å². The molecule has 0 saturated carbocycles. The first kappa shape index (κ1) is 17.3. The summed E-state index contributed by atoms with van der Waals surface area (Å²) in [6.45, 7) is 0.683. The number of hydrogen-bond acceptors (Lipinski definition) is 3. The van der Waals surface area contributed by atoms with E-state index in [1.165, 1.54) is 7.11 Å². The van der Waals surface area contributed by atoms with Crippen LogP contribution in [-0.4, -0.2) is 30.6 Å². The van der Waals surface area contributed by atoms with Crippen LogP contribution in [0.15, 0.2) is 48.5 Å². The van der Waals surface area contributed by atoms with Gasteiger partial charge >= 0.3 is 12.0 Å². The average Bonchev–Trinajstić information content (AvgIpc) is 3.11. The molecule has 0 bridgehead atoms. The van der Waals surface area contributed by atoms with Gasteiger partial charge in [0.05, 0.1) is 18.7 Å². The number of amides is 2. The molecule has 0 spiro atoms. The maximum absolute atomic E-state index is 12.7. The molecule has 2 amide bonds. The lowest BCUT2D eigenvalue weighted by molar-refractivity contribution is 0.0601. The van der Waals surface area contributed by atoms with E-state index >= 15 is 0 Å². The van der Waals surface area contributed by atoms with E-state index in [1.54, 1.807) is 29.2 Å². The van der Waals surface area contributed by atoms with Crippen molar-refractivity contribution in [3.8, 4) is 0 Å². The molecule has 1 N–H and O–H groups in total. The summed E-state index contributed by atoms with van der Waals surface area (Å²) in [5.74, 6) is -0.406. The largest absolute Gasteiger partial charge is 0.465 e. The lowest BCUT2D eigenvalue weighted by atomic mass is 10.0. The van der Waals surface area contributed by atoms with Gasteiger partial charge in [0.25, 0.3) is 0 Å². The molecule has 130 valence electrons. The van der Waals surface area contributed by atoms with Crippen LogP contribution in [0.1, 0.15) is 34.8 Å². The fraction of sp³-hybridized carbons (Fsp3) is 0.263. The highest BCUT2D eigenvalue weighted by atomic mass is 35.5. The normalized spacial score (nSPS) is 16.6. The van der Waals surface area contributed by atoms with E-state index in [4.69, 9.17) is 11.6 Å². The number of nitrogens with one attached hydrogen (secondary N) is 1. The van der Waals surface area contributed by atoms with Gasteiger partial charge in [-0.2, -0.15) is 0 Å². The van der Waals surface area contributed by atoms with E-state index < -0.39 is 5.97 Å². The summed E-state index contributed by atoms with van der Waals surface area (Å²) < 4.78 is 4.67. The first-order valence-corrected chi connectivity index (χ1v) is 8.48. The Morgan fingerprint density at radius 2 is 1.88 bits per heavy atom. The molecule has 1 heterocycles. The number of likely N-dealkylation sites (tertiary alicyclic amines) is 1. The van der Waals surface area contributed by atoms with Gasteiger partial charge in [-0.3, -0.25) is 0 Å². The van der Waals surface area contributed by atoms with Crippen molar-refractivity contribution < 1.29 is 14.3 Å². The maximum Gasteiger partial charge on any atom is 0.337 e. The Bertz CT molecular complexity index is 776. The Morgan fingerprint density at radius 1 is 1.16 bits per heavy atom. The van der Waals surface area contributed by atoms with Crippen molar-refractivity contribution >= 4 is 29.3 Å². The van der Waals surface area contributed by atoms with Gasteiger partial charge in [-0.25, -0.2) is 9.59 Å². The van der Waals surface area contributed by atoms with Gasteiger partial charge in [0.15, 0.2) is 0 Å². The number of hydrogen-bond donors (Lipinski definition) is 1. The fourth-order valence-corrected chi connectivity index (χ4v) is 3.34. The number of halogens is 1. The molecular weight excluding hydrogens is 340 g/mol. The first-order valence-electron chi connectivity index (χ1n) is 8.10. The Kier molecular flexibility index (Phi) is 5.24. The molecule has 1 atom stereocenters. The van der Waals surface area contributed by atoms with Gasteiger partial charge in [-0.15, -0.1) is 0 Å². The van der Waals surface area contributed by atoms with Gasteiger partial charge in [0.2, 0.25) is 0 Å². The number of nitrogens with zero attached hydrogens (tertiary/aromatic N) is 1. The number of rotatable bonds is 3. The Labute approximate surface area is 151 Å². The highest BCUT2D eigenvalue weighted by Crippen LogP contribution is 2.35. The summed E-state index contributed by atoms with van der Waals surface area (Å²) in [7, 11) is 1.33. The Balaban J connectivity index is 1.72. The van der Waals surface area contributed by atoms with Crippen LogP contribution < -0.4 is 5.32 Å². The van der Waals surface area contributed by atoms with Gasteiger partial charge in [-0.1, -0.05) is 29.8 Å². The van der Waals surface area contributed by atoms with Crippen LogP contribution in [0.2, 0.25) is 5.02 Å². The molecule has 2 aromatic rings. The highest BCUT2D eigenvalue weighted by Gasteiger charge is 2.31. The highest BCUT2D eigenvalue weighted by molar-refractivity contribution is 6.31. The van der Waals surface area contributed by atoms with Crippen LogP contribution in [0.3, 0.4) is 0 Å². The molecule has 1 aliphatic rings. The van der Waals surface area contributed by atoms with E-state index in [1.807, 2.05) is 24.3 Å². The smallest absolute Gasteiger partial charge is 0.337 e. The monoisotopic (exact) mass is 358 g/mol. The van der Waals surface area contributed by atoms with Crippen molar-refractivity contribution in [2.24, 2.45) is 0 Å². The molecular formula is C19H19ClN2O3. The lowest BCUT2D eigenvalue weighted by Gasteiger charge is -2.26. The Hall–Kier alpha value is -2.53. The zero-order valence-electron chi connectivity index (χ0n) is 13.9. The zero-order valence-corrected chi connectivity index (χ0v) is 14.6. The number of carbonyl (C=O) groups is 2. The molecule has 25 heavy (non-hydrogen) atoms. The van der Waals surface area contributed by atoms with Crippen molar-refractivity contribution in [2.45, 2.75) is 18.9 Å². The van der Waals surface area contributed by atoms with Gasteiger partial charge < -0.3 is 15.0 Å². The predicted molar refractivity (Wildman–Crippen MR) is 96.9 cm³/mol. The third kappa shape index (κ3) is 3.77. The SMILES string of the molecule is COC(=O)c1ccc(NC(=O)N2CCCC2c2ccccc2Cl)cc1. The van der Waals surface area contributed by atoms with Gasteiger partial charge in [0.1, 0.15) is 0 Å². The molecule has 0 aliphatic carbocycles. The average molecular weight is 359 g/mol.